The van der Waals surface area contributed by atoms with Gasteiger partial charge < -0.3 is 29.4 Å². The van der Waals surface area contributed by atoms with Crippen molar-refractivity contribution in [2.24, 2.45) is 5.92 Å². The maximum atomic E-state index is 14.8. The molecule has 0 spiro atoms. The van der Waals surface area contributed by atoms with Gasteiger partial charge in [0.05, 0.1) is 17.3 Å². The van der Waals surface area contributed by atoms with Crippen molar-refractivity contribution in [3.05, 3.63) is 48.3 Å². The number of amides is 4. The summed E-state index contributed by atoms with van der Waals surface area (Å²) in [4.78, 5) is 62.6. The molecule has 2 aliphatic heterocycles. The molecule has 3 N–H and O–H groups in total. The Hall–Kier alpha value is -4.99. The van der Waals surface area contributed by atoms with Crippen LogP contribution in [0.1, 0.15) is 96.3 Å². The van der Waals surface area contributed by atoms with Crippen LogP contribution in [0.2, 0.25) is 0 Å². The molecule has 3 aliphatic carbocycles. The van der Waals surface area contributed by atoms with Gasteiger partial charge in [0, 0.05) is 17.2 Å². The summed E-state index contributed by atoms with van der Waals surface area (Å²) in [6.45, 7) is -0.0910. The molecular weight excluding hydrogens is 770 g/mol. The summed E-state index contributed by atoms with van der Waals surface area (Å²) in [5.74, 6) is -2.51. The number of aromatic nitrogens is 1. The zero-order valence-corrected chi connectivity index (χ0v) is 33.0. The lowest BCUT2D eigenvalue weighted by Crippen LogP contribution is -2.58. The first kappa shape index (κ1) is 38.5. The minimum atomic E-state index is -3.90. The summed E-state index contributed by atoms with van der Waals surface area (Å²) in [5, 5.41) is 6.18. The minimum Gasteiger partial charge on any atom is -0.484 e. The van der Waals surface area contributed by atoms with E-state index in [0.29, 0.717) is 54.1 Å². The second-order valence-electron chi connectivity index (χ2n) is 16.8. The van der Waals surface area contributed by atoms with Crippen LogP contribution in [0, 0.1) is 11.7 Å². The van der Waals surface area contributed by atoms with E-state index in [0.717, 1.165) is 56.8 Å². The van der Waals surface area contributed by atoms with E-state index in [4.69, 9.17) is 18.9 Å². The number of sulfonamides is 1. The average Bonchev–Trinajstić information content (AvgIpc) is 4.01. The highest BCUT2D eigenvalue weighted by Gasteiger charge is 2.62. The Kier molecular flexibility index (Phi) is 10.2. The van der Waals surface area contributed by atoms with Crippen LogP contribution in [0.5, 0.6) is 5.75 Å². The van der Waals surface area contributed by atoms with E-state index >= 15 is 0 Å². The highest BCUT2D eigenvalue weighted by atomic mass is 32.2. The van der Waals surface area contributed by atoms with E-state index in [9.17, 15) is 32.0 Å². The number of para-hydroxylation sites is 1. The van der Waals surface area contributed by atoms with E-state index in [-0.39, 0.29) is 42.7 Å². The van der Waals surface area contributed by atoms with Gasteiger partial charge in [0.1, 0.15) is 46.7 Å². The number of nitrogens with zero attached hydrogens (tertiary/aromatic N) is 2. The predicted molar refractivity (Wildman–Crippen MR) is 211 cm³/mol. The largest absolute Gasteiger partial charge is 0.484 e. The van der Waals surface area contributed by atoms with Crippen LogP contribution in [-0.2, 0) is 29.1 Å². The van der Waals surface area contributed by atoms with Gasteiger partial charge in [-0.15, -0.1) is 0 Å². The molecule has 0 bridgehead atoms. The molecule has 4 aromatic rings. The van der Waals surface area contributed by atoms with E-state index in [1.807, 2.05) is 18.2 Å². The van der Waals surface area contributed by atoms with Crippen molar-refractivity contribution in [2.75, 3.05) is 6.54 Å². The summed E-state index contributed by atoms with van der Waals surface area (Å²) in [5.41, 5.74) is 0.321. The summed E-state index contributed by atoms with van der Waals surface area (Å²) in [7, 11) is -3.90. The molecule has 58 heavy (non-hydrogen) atoms. The Bertz CT molecular complexity index is 2400. The third-order valence-electron chi connectivity index (χ3n) is 12.6. The second-order valence-corrected chi connectivity index (χ2v) is 18.7. The molecule has 14 nitrogen and oxygen atoms in total. The smallest absolute Gasteiger partial charge is 0.408 e. The lowest BCUT2D eigenvalue weighted by molar-refractivity contribution is -0.141. The highest BCUT2D eigenvalue weighted by molar-refractivity contribution is 7.91. The maximum absolute atomic E-state index is 14.8. The molecule has 0 radical (unpaired) electrons. The molecule has 308 valence electrons. The topological polar surface area (TPSA) is 186 Å². The monoisotopic (exact) mass is 817 g/mol. The van der Waals surface area contributed by atoms with Crippen LogP contribution in [0.4, 0.5) is 9.18 Å². The van der Waals surface area contributed by atoms with Crippen molar-refractivity contribution in [1.29, 1.82) is 0 Å². The van der Waals surface area contributed by atoms with E-state index < -0.39 is 68.6 Å². The number of nitrogens with one attached hydrogen (secondary N) is 3. The first-order valence-corrected chi connectivity index (χ1v) is 22.3. The second kappa shape index (κ2) is 15.3. The van der Waals surface area contributed by atoms with Gasteiger partial charge in [-0.2, -0.15) is 0 Å². The Balaban J connectivity index is 1.06. The molecule has 2 aromatic heterocycles. The highest BCUT2D eigenvalue weighted by Crippen LogP contribution is 2.48. The fraction of sp³-hybridized carbons (Fsp3) is 0.548. The van der Waals surface area contributed by atoms with Crippen LogP contribution in [0.25, 0.3) is 33.0 Å². The van der Waals surface area contributed by atoms with Gasteiger partial charge in [-0.25, -0.2) is 22.6 Å². The van der Waals surface area contributed by atoms with Crippen LogP contribution in [-0.4, -0.2) is 83.7 Å². The predicted octanol–water partition coefficient (Wildman–Crippen LogP) is 5.89. The molecule has 5 fully saturated rings. The molecule has 4 amide bonds. The molecule has 16 heteroatoms. The van der Waals surface area contributed by atoms with E-state index in [1.54, 1.807) is 12.1 Å². The number of benzene rings is 2. The van der Waals surface area contributed by atoms with Gasteiger partial charge in [-0.1, -0.05) is 44.2 Å². The fourth-order valence-electron chi connectivity index (χ4n) is 9.20. The number of alkyl carbamates (subject to hydrolysis) is 1. The summed E-state index contributed by atoms with van der Waals surface area (Å²) < 4.78 is 61.6. The zero-order chi connectivity index (χ0) is 40.2. The average molecular weight is 818 g/mol. The number of hydrogen-bond acceptors (Lipinski definition) is 10. The van der Waals surface area contributed by atoms with Crippen molar-refractivity contribution in [3.63, 3.8) is 0 Å². The van der Waals surface area contributed by atoms with Crippen molar-refractivity contribution in [1.82, 2.24) is 25.2 Å². The number of hydrogen-bond donors (Lipinski definition) is 3. The number of pyridine rings is 1. The normalized spacial score (nSPS) is 27.4. The number of carbonyl (C=O) groups is 4. The summed E-state index contributed by atoms with van der Waals surface area (Å²) >= 11 is 0. The quantitative estimate of drug-likeness (QED) is 0.203. The lowest BCUT2D eigenvalue weighted by Gasteiger charge is -2.30. The first-order valence-electron chi connectivity index (χ1n) is 20.7. The van der Waals surface area contributed by atoms with Crippen LogP contribution < -0.4 is 20.1 Å². The van der Waals surface area contributed by atoms with Crippen LogP contribution in [0.15, 0.2) is 46.9 Å². The minimum absolute atomic E-state index is 0.0274. The summed E-state index contributed by atoms with van der Waals surface area (Å²) in [6.07, 6.45) is 7.71. The molecular formula is C42H48FN5O9S. The zero-order valence-electron chi connectivity index (χ0n) is 32.2. The van der Waals surface area contributed by atoms with Gasteiger partial charge in [0.2, 0.25) is 21.8 Å². The van der Waals surface area contributed by atoms with Gasteiger partial charge in [0.25, 0.3) is 5.91 Å². The van der Waals surface area contributed by atoms with Gasteiger partial charge >= 0.3 is 6.09 Å². The van der Waals surface area contributed by atoms with E-state index in [1.165, 1.54) is 17.0 Å². The van der Waals surface area contributed by atoms with Crippen LogP contribution >= 0.6 is 0 Å². The number of halogens is 1. The van der Waals surface area contributed by atoms with Crippen molar-refractivity contribution in [2.45, 2.75) is 131 Å². The third-order valence-corrected chi connectivity index (χ3v) is 14.4. The van der Waals surface area contributed by atoms with E-state index in [2.05, 4.69) is 15.4 Å². The van der Waals surface area contributed by atoms with Crippen LogP contribution in [0.3, 0.4) is 0 Å². The molecule has 5 atom stereocenters. The Morgan fingerprint density at radius 1 is 0.914 bits per heavy atom. The van der Waals surface area contributed by atoms with Gasteiger partial charge in [-0.05, 0) is 94.0 Å². The molecule has 9 rings (SSSR count). The molecule has 2 aromatic carbocycles. The lowest BCUT2D eigenvalue weighted by atomic mass is 10.0. The number of ether oxygens (including phenoxy) is 2. The molecule has 4 heterocycles. The number of rotatable bonds is 7. The summed E-state index contributed by atoms with van der Waals surface area (Å²) in [6, 6.07) is 9.31. The Labute approximate surface area is 335 Å². The fourth-order valence-corrected chi connectivity index (χ4v) is 10.6. The van der Waals surface area contributed by atoms with Crippen molar-refractivity contribution < 1.29 is 45.9 Å². The Morgan fingerprint density at radius 2 is 1.66 bits per heavy atom. The molecule has 2 saturated heterocycles. The maximum Gasteiger partial charge on any atom is 0.408 e. The Morgan fingerprint density at radius 3 is 2.45 bits per heavy atom. The molecule has 5 aliphatic rings. The van der Waals surface area contributed by atoms with Crippen molar-refractivity contribution in [3.8, 4) is 5.75 Å². The van der Waals surface area contributed by atoms with Crippen molar-refractivity contribution >= 4 is 66.8 Å². The molecule has 5 unspecified atom stereocenters. The third kappa shape index (κ3) is 7.55. The first-order chi connectivity index (χ1) is 28.0. The number of furan rings is 1. The number of fused-ring (bicyclic) bond motifs is 6. The standard InChI is InChI=1S/C42H48FN5O9S/c43-25-16-19-31-30(20-25)36(37-35(44-31)29-13-8-9-15-34(29)57-37)55-27-21-33-38(49)46-42(40(51)47-58(53,54)28-17-18-28)22-24(42)10-4-2-1-3-5-14-32(39(50)48(33)23-27)45-41(52)56-26-11-6-7-12-26/h8-9,13,15-16,19-20,24,26-28,32-33H,1-7,10-12,14,17-18,21-23H2,(H,45,52)(H,46,49)(H,47,51). The molecule has 3 saturated carbocycles. The number of carbonyl (C=O) groups excluding carboxylic acids is 4. The SMILES string of the molecule is O=C(NC1CCCCCCCC2CC2(C(=O)NS(=O)(=O)C2CC2)NC(=O)C2CC(Oc3c4cc(F)ccc4nc4c3oc3ccccc34)CN2C1=O)OC1CCCC1. The van der Waals surface area contributed by atoms with Gasteiger partial charge in [-0.3, -0.25) is 19.1 Å². The van der Waals surface area contributed by atoms with Gasteiger partial charge in [0.15, 0.2) is 11.3 Å².